The fraction of sp³-hybridized carbons (Fsp3) is 0.706. The lowest BCUT2D eigenvalue weighted by molar-refractivity contribution is -0.144. The van der Waals surface area contributed by atoms with E-state index < -0.39 is 0 Å². The molecule has 1 atom stereocenters. The third-order valence-electron chi connectivity index (χ3n) is 5.19. The van der Waals surface area contributed by atoms with Crippen LogP contribution in [0.3, 0.4) is 0 Å². The molecule has 3 fully saturated rings. The van der Waals surface area contributed by atoms with E-state index in [0.29, 0.717) is 19.1 Å². The maximum absolute atomic E-state index is 12.7. The zero-order valence-corrected chi connectivity index (χ0v) is 14.7. The van der Waals surface area contributed by atoms with E-state index >= 15 is 0 Å². The van der Waals surface area contributed by atoms with Gasteiger partial charge in [0.05, 0.1) is 13.2 Å². The van der Waals surface area contributed by atoms with Gasteiger partial charge in [0.2, 0.25) is 0 Å². The molecule has 0 N–H and O–H groups in total. The Hall–Kier alpha value is -1.34. The number of aromatic nitrogens is 2. The van der Waals surface area contributed by atoms with Crippen molar-refractivity contribution in [2.45, 2.75) is 31.3 Å². The summed E-state index contributed by atoms with van der Waals surface area (Å²) in [6.07, 6.45) is 5.05. The van der Waals surface area contributed by atoms with Gasteiger partial charge in [-0.05, 0) is 12.8 Å². The lowest BCUT2D eigenvalue weighted by Gasteiger charge is -2.36. The molecule has 1 aromatic heterocycles. The number of hydrogen-bond acceptors (Lipinski definition) is 6. The molecule has 6 nitrogen and oxygen atoms in total. The van der Waals surface area contributed by atoms with Gasteiger partial charge in [0.1, 0.15) is 12.1 Å². The predicted octanol–water partition coefficient (Wildman–Crippen LogP) is 1.52. The van der Waals surface area contributed by atoms with Crippen LogP contribution in [-0.4, -0.2) is 71.2 Å². The summed E-state index contributed by atoms with van der Waals surface area (Å²) in [4.78, 5) is 25.7. The maximum Gasteiger partial charge on any atom is 0.253 e. The first-order chi connectivity index (χ1) is 11.8. The average Bonchev–Trinajstić information content (AvgIpc) is 2.61. The van der Waals surface area contributed by atoms with Crippen LogP contribution in [0.4, 0.5) is 5.82 Å². The first kappa shape index (κ1) is 16.1. The van der Waals surface area contributed by atoms with Crippen LogP contribution in [0.2, 0.25) is 0 Å². The summed E-state index contributed by atoms with van der Waals surface area (Å²) < 4.78 is 5.77. The van der Waals surface area contributed by atoms with Crippen LogP contribution in [-0.2, 0) is 9.53 Å². The third kappa shape index (κ3) is 3.37. The number of ether oxygens (including phenoxy) is 1. The van der Waals surface area contributed by atoms with E-state index in [0.717, 1.165) is 42.7 Å². The quantitative estimate of drug-likeness (QED) is 0.826. The number of morpholine rings is 1. The van der Waals surface area contributed by atoms with Crippen LogP contribution >= 0.6 is 11.8 Å². The molecule has 24 heavy (non-hydrogen) atoms. The van der Waals surface area contributed by atoms with Crippen molar-refractivity contribution in [3.05, 3.63) is 18.1 Å². The van der Waals surface area contributed by atoms with Gasteiger partial charge >= 0.3 is 0 Å². The Kier molecular flexibility index (Phi) is 4.89. The molecular weight excluding hydrogens is 324 g/mol. The summed E-state index contributed by atoms with van der Waals surface area (Å²) >= 11 is 1.91. The lowest BCUT2D eigenvalue weighted by Crippen LogP contribution is -2.52. The Labute approximate surface area is 147 Å². The minimum atomic E-state index is -0.371. The Morgan fingerprint density at radius 2 is 2.04 bits per heavy atom. The highest BCUT2D eigenvalue weighted by Gasteiger charge is 2.32. The number of rotatable bonds is 3. The monoisotopic (exact) mass is 348 g/mol. The maximum atomic E-state index is 12.7. The number of carbonyl (C=O) groups is 1. The zero-order valence-electron chi connectivity index (χ0n) is 13.9. The van der Waals surface area contributed by atoms with Crippen molar-refractivity contribution in [1.29, 1.82) is 0 Å². The summed E-state index contributed by atoms with van der Waals surface area (Å²) in [7, 11) is 0. The van der Waals surface area contributed by atoms with Gasteiger partial charge in [-0.25, -0.2) is 9.97 Å². The number of hydrogen-bond donors (Lipinski definition) is 0. The van der Waals surface area contributed by atoms with Crippen molar-refractivity contribution in [2.75, 3.05) is 49.2 Å². The Morgan fingerprint density at radius 1 is 1.21 bits per heavy atom. The van der Waals surface area contributed by atoms with Gasteiger partial charge < -0.3 is 14.5 Å². The van der Waals surface area contributed by atoms with Gasteiger partial charge in [-0.2, -0.15) is 11.8 Å². The third-order valence-corrected chi connectivity index (χ3v) is 6.13. The van der Waals surface area contributed by atoms with Crippen molar-refractivity contribution >= 4 is 23.5 Å². The number of carbonyl (C=O) groups excluding carboxylic acids is 1. The summed E-state index contributed by atoms with van der Waals surface area (Å²) in [6.45, 7) is 3.61. The summed E-state index contributed by atoms with van der Waals surface area (Å²) in [5.74, 6) is 3.71. The van der Waals surface area contributed by atoms with E-state index in [1.54, 1.807) is 6.33 Å². The van der Waals surface area contributed by atoms with Crippen LogP contribution in [0.25, 0.3) is 0 Å². The molecule has 0 spiro atoms. The van der Waals surface area contributed by atoms with Gasteiger partial charge in [0, 0.05) is 48.8 Å². The predicted molar refractivity (Wildman–Crippen MR) is 94.5 cm³/mol. The molecule has 2 aliphatic heterocycles. The molecule has 3 aliphatic rings. The second-order valence-electron chi connectivity index (χ2n) is 6.67. The fourth-order valence-electron chi connectivity index (χ4n) is 3.46. The van der Waals surface area contributed by atoms with E-state index in [4.69, 9.17) is 4.74 Å². The van der Waals surface area contributed by atoms with Crippen LogP contribution in [0.15, 0.2) is 12.4 Å². The van der Waals surface area contributed by atoms with Crippen molar-refractivity contribution in [2.24, 2.45) is 0 Å². The second kappa shape index (κ2) is 7.27. The van der Waals surface area contributed by atoms with Gasteiger partial charge in [-0.15, -0.1) is 0 Å². The van der Waals surface area contributed by atoms with E-state index in [-0.39, 0.29) is 12.0 Å². The normalized spacial score (nSPS) is 25.4. The van der Waals surface area contributed by atoms with Crippen molar-refractivity contribution in [3.63, 3.8) is 0 Å². The van der Waals surface area contributed by atoms with E-state index in [9.17, 15) is 4.79 Å². The Morgan fingerprint density at radius 3 is 2.79 bits per heavy atom. The first-order valence-electron chi connectivity index (χ1n) is 8.86. The fourth-order valence-corrected chi connectivity index (χ4v) is 4.36. The molecule has 4 rings (SSSR count). The molecular formula is C17H24N4O2S. The zero-order chi connectivity index (χ0) is 16.4. The SMILES string of the molecule is O=C(C1CN(c2cc(C3CCC3)ncn2)CCO1)N1CCSCC1. The molecule has 0 bridgehead atoms. The summed E-state index contributed by atoms with van der Waals surface area (Å²) in [6, 6.07) is 2.11. The number of anilines is 1. The van der Waals surface area contributed by atoms with E-state index in [1.807, 2.05) is 16.7 Å². The summed E-state index contributed by atoms with van der Waals surface area (Å²) in [5.41, 5.74) is 1.15. The number of nitrogens with zero attached hydrogens (tertiary/aromatic N) is 4. The molecule has 1 amide bonds. The molecule has 130 valence electrons. The van der Waals surface area contributed by atoms with E-state index in [1.165, 1.54) is 19.3 Å². The smallest absolute Gasteiger partial charge is 0.253 e. The second-order valence-corrected chi connectivity index (χ2v) is 7.90. The molecule has 0 radical (unpaired) electrons. The van der Waals surface area contributed by atoms with E-state index in [2.05, 4.69) is 20.9 Å². The average molecular weight is 348 g/mol. The summed E-state index contributed by atoms with van der Waals surface area (Å²) in [5, 5.41) is 0. The van der Waals surface area contributed by atoms with Gasteiger partial charge in [0.25, 0.3) is 5.91 Å². The minimum Gasteiger partial charge on any atom is -0.365 e. The standard InChI is InChI=1S/C17H24N4O2S/c22-17(20-5-8-24-9-6-20)15-11-21(4-7-23-15)16-10-14(18-12-19-16)13-2-1-3-13/h10,12-13,15H,1-9,11H2. The van der Waals surface area contributed by atoms with Gasteiger partial charge in [-0.1, -0.05) is 6.42 Å². The first-order valence-corrected chi connectivity index (χ1v) is 10.0. The highest BCUT2D eigenvalue weighted by atomic mass is 32.2. The van der Waals surface area contributed by atoms with Crippen LogP contribution < -0.4 is 4.90 Å². The van der Waals surface area contributed by atoms with Crippen LogP contribution in [0.1, 0.15) is 30.9 Å². The van der Waals surface area contributed by atoms with Crippen molar-refractivity contribution in [3.8, 4) is 0 Å². The largest absolute Gasteiger partial charge is 0.365 e. The Bertz CT molecular complexity index is 590. The van der Waals surface area contributed by atoms with Crippen LogP contribution in [0, 0.1) is 0 Å². The van der Waals surface area contributed by atoms with Crippen molar-refractivity contribution < 1.29 is 9.53 Å². The molecule has 1 saturated carbocycles. The number of thioether (sulfide) groups is 1. The Balaban J connectivity index is 1.43. The topological polar surface area (TPSA) is 58.6 Å². The molecule has 3 heterocycles. The molecule has 0 aromatic carbocycles. The highest BCUT2D eigenvalue weighted by molar-refractivity contribution is 7.99. The number of amides is 1. The molecule has 1 aliphatic carbocycles. The molecule has 2 saturated heterocycles. The molecule has 7 heteroatoms. The van der Waals surface area contributed by atoms with Gasteiger partial charge in [0.15, 0.2) is 6.10 Å². The van der Waals surface area contributed by atoms with Crippen LogP contribution in [0.5, 0.6) is 0 Å². The highest BCUT2D eigenvalue weighted by Crippen LogP contribution is 2.36. The van der Waals surface area contributed by atoms with Gasteiger partial charge in [-0.3, -0.25) is 4.79 Å². The van der Waals surface area contributed by atoms with Crippen molar-refractivity contribution in [1.82, 2.24) is 14.9 Å². The molecule has 1 unspecified atom stereocenters. The lowest BCUT2D eigenvalue weighted by atomic mass is 9.83. The molecule has 1 aromatic rings. The minimum absolute atomic E-state index is 0.133.